The first-order valence-electron chi connectivity index (χ1n) is 5.37. The van der Waals surface area contributed by atoms with Crippen LogP contribution in [0.3, 0.4) is 0 Å². The van der Waals surface area contributed by atoms with Crippen molar-refractivity contribution in [2.24, 2.45) is 4.99 Å². The summed E-state index contributed by atoms with van der Waals surface area (Å²) in [6.07, 6.45) is 0. The average molecular weight is 227 g/mol. The number of thiol groups is 1. The number of para-hydroxylation sites is 1. The molecule has 2 aromatic rings. The van der Waals surface area contributed by atoms with E-state index in [-0.39, 0.29) is 10.9 Å². The second-order valence-corrected chi connectivity index (χ2v) is 5.82. The molecule has 0 saturated heterocycles. The summed E-state index contributed by atoms with van der Waals surface area (Å²) in [5, 5.41) is 0. The van der Waals surface area contributed by atoms with E-state index in [9.17, 15) is 0 Å². The standard InChI is InChI=1S/C14H13NS/c1-2-6-12(7-3-1)10-16-11-15-13-8-4-5-9-14(13)16/h1-9,11,16H,10H2. The van der Waals surface area contributed by atoms with Gasteiger partial charge in [0.1, 0.15) is 0 Å². The van der Waals surface area contributed by atoms with E-state index in [2.05, 4.69) is 65.1 Å². The van der Waals surface area contributed by atoms with Crippen molar-refractivity contribution in [3.8, 4) is 0 Å². The maximum absolute atomic E-state index is 4.48. The molecule has 16 heavy (non-hydrogen) atoms. The molecule has 2 aromatic carbocycles. The molecule has 0 spiro atoms. The maximum atomic E-state index is 4.48. The molecular formula is C14H13NS. The Kier molecular flexibility index (Phi) is 2.50. The lowest BCUT2D eigenvalue weighted by Gasteiger charge is -2.13. The van der Waals surface area contributed by atoms with Crippen molar-refractivity contribution in [1.29, 1.82) is 0 Å². The normalized spacial score (nSPS) is 19.6. The van der Waals surface area contributed by atoms with E-state index >= 15 is 0 Å². The van der Waals surface area contributed by atoms with Crippen molar-refractivity contribution in [1.82, 2.24) is 0 Å². The number of benzene rings is 2. The zero-order chi connectivity index (χ0) is 10.8. The fraction of sp³-hybridized carbons (Fsp3) is 0.0714. The van der Waals surface area contributed by atoms with Gasteiger partial charge >= 0.3 is 0 Å². The second-order valence-electron chi connectivity index (χ2n) is 3.85. The highest BCUT2D eigenvalue weighted by Gasteiger charge is 2.14. The minimum absolute atomic E-state index is 0.229. The van der Waals surface area contributed by atoms with Crippen molar-refractivity contribution in [3.05, 3.63) is 60.2 Å². The topological polar surface area (TPSA) is 12.4 Å². The molecule has 0 aliphatic carbocycles. The third-order valence-electron chi connectivity index (χ3n) is 2.72. The molecule has 1 unspecified atom stereocenters. The van der Waals surface area contributed by atoms with Crippen LogP contribution in [0.15, 0.2) is 64.5 Å². The number of fused-ring (bicyclic) bond motifs is 1. The summed E-state index contributed by atoms with van der Waals surface area (Å²) in [5.74, 6) is 1.11. The number of rotatable bonds is 2. The Morgan fingerprint density at radius 2 is 1.62 bits per heavy atom. The number of hydrogen-bond acceptors (Lipinski definition) is 1. The van der Waals surface area contributed by atoms with Crippen molar-refractivity contribution < 1.29 is 0 Å². The quantitative estimate of drug-likeness (QED) is 0.747. The Morgan fingerprint density at radius 3 is 2.50 bits per heavy atom. The molecule has 0 radical (unpaired) electrons. The summed E-state index contributed by atoms with van der Waals surface area (Å²) in [6.45, 7) is 0. The molecule has 0 N–H and O–H groups in total. The van der Waals surface area contributed by atoms with Gasteiger partial charge in [-0.25, -0.2) is 0 Å². The van der Waals surface area contributed by atoms with Gasteiger partial charge in [0.2, 0.25) is 0 Å². The van der Waals surface area contributed by atoms with Crippen LogP contribution in [0.25, 0.3) is 0 Å². The fourth-order valence-electron chi connectivity index (χ4n) is 1.92. The first kappa shape index (κ1) is 9.67. The van der Waals surface area contributed by atoms with E-state index in [0.29, 0.717) is 0 Å². The molecule has 0 saturated carbocycles. The molecule has 3 rings (SSSR count). The predicted molar refractivity (Wildman–Crippen MR) is 72.0 cm³/mol. The lowest BCUT2D eigenvalue weighted by molar-refractivity contribution is 1.37. The van der Waals surface area contributed by atoms with Crippen LogP contribution in [0.1, 0.15) is 5.56 Å². The highest BCUT2D eigenvalue weighted by Crippen LogP contribution is 2.47. The smallest absolute Gasteiger partial charge is 0.0757 e. The van der Waals surface area contributed by atoms with Gasteiger partial charge in [0, 0.05) is 16.2 Å². The summed E-state index contributed by atoms with van der Waals surface area (Å²) in [4.78, 5) is 5.90. The van der Waals surface area contributed by atoms with Gasteiger partial charge in [-0.3, -0.25) is 4.99 Å². The van der Waals surface area contributed by atoms with Crippen LogP contribution < -0.4 is 0 Å². The maximum Gasteiger partial charge on any atom is 0.0757 e. The van der Waals surface area contributed by atoms with Crippen molar-refractivity contribution in [3.63, 3.8) is 0 Å². The molecule has 1 nitrogen and oxygen atoms in total. The lowest BCUT2D eigenvalue weighted by Crippen LogP contribution is -1.86. The minimum Gasteiger partial charge on any atom is -0.250 e. The molecule has 2 heteroatoms. The Morgan fingerprint density at radius 1 is 0.875 bits per heavy atom. The molecule has 0 aromatic heterocycles. The van der Waals surface area contributed by atoms with E-state index in [0.717, 1.165) is 11.4 Å². The summed E-state index contributed by atoms with van der Waals surface area (Å²) in [6, 6.07) is 19.1. The molecular weight excluding hydrogens is 214 g/mol. The van der Waals surface area contributed by atoms with Crippen molar-refractivity contribution in [2.75, 3.05) is 0 Å². The van der Waals surface area contributed by atoms with Gasteiger partial charge in [0.05, 0.1) is 5.69 Å². The van der Waals surface area contributed by atoms with Gasteiger partial charge in [-0.05, 0) is 17.7 Å². The van der Waals surface area contributed by atoms with Crippen LogP contribution in [-0.2, 0) is 5.75 Å². The van der Waals surface area contributed by atoms with Crippen LogP contribution in [-0.4, -0.2) is 5.55 Å². The third-order valence-corrected chi connectivity index (χ3v) is 4.82. The number of hydrogen-bond donors (Lipinski definition) is 1. The Hall–Kier alpha value is -1.54. The van der Waals surface area contributed by atoms with Gasteiger partial charge in [-0.15, -0.1) is 0 Å². The molecule has 1 aliphatic heterocycles. The molecule has 80 valence electrons. The van der Waals surface area contributed by atoms with E-state index in [4.69, 9.17) is 0 Å². The number of nitrogens with zero attached hydrogens (tertiary/aromatic N) is 1. The molecule has 1 aliphatic rings. The van der Waals surface area contributed by atoms with Crippen LogP contribution in [0.2, 0.25) is 0 Å². The largest absolute Gasteiger partial charge is 0.250 e. The first-order chi connectivity index (χ1) is 7.93. The average Bonchev–Trinajstić information content (AvgIpc) is 2.74. The van der Waals surface area contributed by atoms with Crippen LogP contribution in [0, 0.1) is 0 Å². The Balaban J connectivity index is 1.87. The molecule has 1 atom stereocenters. The fourth-order valence-corrected chi connectivity index (χ4v) is 3.86. The summed E-state index contributed by atoms with van der Waals surface area (Å²) >= 11 is 0. The van der Waals surface area contributed by atoms with Gasteiger partial charge in [-0.1, -0.05) is 42.5 Å². The zero-order valence-corrected chi connectivity index (χ0v) is 9.77. The summed E-state index contributed by atoms with van der Waals surface area (Å²) in [7, 11) is -0.229. The van der Waals surface area contributed by atoms with Gasteiger partial charge in [0.25, 0.3) is 0 Å². The molecule has 0 amide bonds. The van der Waals surface area contributed by atoms with Crippen LogP contribution >= 0.6 is 10.9 Å². The Bertz CT molecular complexity index is 519. The van der Waals surface area contributed by atoms with E-state index in [1.807, 2.05) is 0 Å². The van der Waals surface area contributed by atoms with E-state index in [1.165, 1.54) is 10.5 Å². The summed E-state index contributed by atoms with van der Waals surface area (Å²) in [5.41, 5.74) is 4.69. The van der Waals surface area contributed by atoms with Gasteiger partial charge in [0.15, 0.2) is 0 Å². The van der Waals surface area contributed by atoms with Gasteiger partial charge < -0.3 is 0 Å². The monoisotopic (exact) mass is 227 g/mol. The molecule has 0 fully saturated rings. The van der Waals surface area contributed by atoms with Gasteiger partial charge in [-0.2, -0.15) is 10.9 Å². The number of aliphatic imine (C=N–C) groups is 1. The minimum atomic E-state index is -0.229. The van der Waals surface area contributed by atoms with Crippen LogP contribution in [0.4, 0.5) is 5.69 Å². The zero-order valence-electron chi connectivity index (χ0n) is 8.88. The highest BCUT2D eigenvalue weighted by atomic mass is 32.2. The third kappa shape index (κ3) is 1.76. The van der Waals surface area contributed by atoms with Crippen molar-refractivity contribution >= 4 is 22.1 Å². The molecule has 0 bridgehead atoms. The highest BCUT2D eigenvalue weighted by molar-refractivity contribution is 8.28. The Labute approximate surface area is 98.2 Å². The second kappa shape index (κ2) is 4.14. The lowest BCUT2D eigenvalue weighted by atomic mass is 10.2. The predicted octanol–water partition coefficient (Wildman–Crippen LogP) is 3.92. The molecule has 1 heterocycles. The summed E-state index contributed by atoms with van der Waals surface area (Å²) < 4.78 is 0. The van der Waals surface area contributed by atoms with Crippen LogP contribution in [0.5, 0.6) is 0 Å². The SMILES string of the molecule is C1=Nc2ccccc2[SH]1Cc1ccccc1. The first-order valence-corrected chi connectivity index (χ1v) is 6.97. The van der Waals surface area contributed by atoms with E-state index in [1.54, 1.807) is 0 Å². The van der Waals surface area contributed by atoms with E-state index < -0.39 is 0 Å². The van der Waals surface area contributed by atoms with Crippen molar-refractivity contribution in [2.45, 2.75) is 10.6 Å².